The van der Waals surface area contributed by atoms with E-state index in [9.17, 15) is 9.90 Å². The minimum Gasteiger partial charge on any atom is -0.508 e. The van der Waals surface area contributed by atoms with Gasteiger partial charge in [-0.3, -0.25) is 4.90 Å². The Hall–Kier alpha value is -1.85. The van der Waals surface area contributed by atoms with E-state index in [4.69, 9.17) is 9.15 Å². The number of ether oxygens (including phenoxy) is 1. The highest BCUT2D eigenvalue weighted by molar-refractivity contribution is 5.81. The van der Waals surface area contributed by atoms with Crippen LogP contribution in [0.2, 0.25) is 0 Å². The smallest absolute Gasteiger partial charge is 0.336 e. The van der Waals surface area contributed by atoms with E-state index in [2.05, 4.69) is 4.90 Å². The Labute approximate surface area is 122 Å². The summed E-state index contributed by atoms with van der Waals surface area (Å²) in [5.74, 6) is 0.168. The Morgan fingerprint density at radius 3 is 2.67 bits per heavy atom. The SMILES string of the molecule is CC1CN(Cc2cc(=O)oc3ccc(O)cc23)CC(C)O1. The van der Waals surface area contributed by atoms with E-state index in [0.717, 1.165) is 24.0 Å². The molecule has 5 heteroatoms. The lowest BCUT2D eigenvalue weighted by atomic mass is 10.1. The van der Waals surface area contributed by atoms with Crippen LogP contribution in [0.25, 0.3) is 11.0 Å². The molecule has 2 unspecified atom stereocenters. The van der Waals surface area contributed by atoms with Gasteiger partial charge < -0.3 is 14.3 Å². The van der Waals surface area contributed by atoms with Gasteiger partial charge in [-0.1, -0.05) is 0 Å². The molecule has 1 aliphatic rings. The van der Waals surface area contributed by atoms with E-state index in [0.29, 0.717) is 12.1 Å². The average Bonchev–Trinajstić information content (AvgIpc) is 2.38. The topological polar surface area (TPSA) is 62.9 Å². The summed E-state index contributed by atoms with van der Waals surface area (Å²) in [6.07, 6.45) is 0.349. The molecule has 2 heterocycles. The molecule has 3 rings (SSSR count). The summed E-state index contributed by atoms with van der Waals surface area (Å²) < 4.78 is 10.9. The van der Waals surface area contributed by atoms with Gasteiger partial charge in [0.2, 0.25) is 0 Å². The molecule has 1 aromatic heterocycles. The third kappa shape index (κ3) is 3.09. The zero-order chi connectivity index (χ0) is 15.0. The molecule has 0 radical (unpaired) electrons. The highest BCUT2D eigenvalue weighted by Crippen LogP contribution is 2.24. The normalized spacial score (nSPS) is 23.5. The van der Waals surface area contributed by atoms with Gasteiger partial charge in [-0.25, -0.2) is 4.79 Å². The van der Waals surface area contributed by atoms with Crippen LogP contribution in [-0.4, -0.2) is 35.3 Å². The molecule has 1 aromatic carbocycles. The van der Waals surface area contributed by atoms with Crippen molar-refractivity contribution in [3.05, 3.63) is 40.2 Å². The van der Waals surface area contributed by atoms with Crippen molar-refractivity contribution < 1.29 is 14.3 Å². The Kier molecular flexibility index (Phi) is 3.69. The van der Waals surface area contributed by atoms with Crippen LogP contribution < -0.4 is 5.63 Å². The maximum atomic E-state index is 11.7. The van der Waals surface area contributed by atoms with Crippen LogP contribution in [0.4, 0.5) is 0 Å². The number of aromatic hydroxyl groups is 1. The summed E-state index contributed by atoms with van der Waals surface area (Å²) in [7, 11) is 0. The van der Waals surface area contributed by atoms with Gasteiger partial charge in [-0.05, 0) is 37.6 Å². The molecular formula is C16H19NO4. The zero-order valence-corrected chi connectivity index (χ0v) is 12.2. The van der Waals surface area contributed by atoms with Crippen molar-refractivity contribution in [1.82, 2.24) is 4.90 Å². The van der Waals surface area contributed by atoms with Crippen LogP contribution in [0, 0.1) is 0 Å². The molecule has 0 aliphatic carbocycles. The average molecular weight is 289 g/mol. The molecule has 21 heavy (non-hydrogen) atoms. The first-order valence-electron chi connectivity index (χ1n) is 7.15. The number of hydrogen-bond acceptors (Lipinski definition) is 5. The van der Waals surface area contributed by atoms with Crippen molar-refractivity contribution in [2.45, 2.75) is 32.6 Å². The number of phenolic OH excluding ortho intramolecular Hbond substituents is 1. The van der Waals surface area contributed by atoms with Gasteiger partial charge in [-0.15, -0.1) is 0 Å². The molecule has 0 amide bonds. The van der Waals surface area contributed by atoms with Crippen molar-refractivity contribution >= 4 is 11.0 Å². The van der Waals surface area contributed by atoms with E-state index in [-0.39, 0.29) is 23.6 Å². The minimum atomic E-state index is -0.363. The van der Waals surface area contributed by atoms with Gasteiger partial charge in [0.1, 0.15) is 11.3 Å². The van der Waals surface area contributed by atoms with Crippen LogP contribution in [0.1, 0.15) is 19.4 Å². The number of fused-ring (bicyclic) bond motifs is 1. The van der Waals surface area contributed by atoms with Crippen molar-refractivity contribution in [1.29, 1.82) is 0 Å². The molecule has 1 aliphatic heterocycles. The van der Waals surface area contributed by atoms with Crippen LogP contribution >= 0.6 is 0 Å². The van der Waals surface area contributed by atoms with E-state index in [1.807, 2.05) is 13.8 Å². The van der Waals surface area contributed by atoms with E-state index in [1.54, 1.807) is 12.1 Å². The monoisotopic (exact) mass is 289 g/mol. The second kappa shape index (κ2) is 5.50. The van der Waals surface area contributed by atoms with Gasteiger partial charge in [0.25, 0.3) is 0 Å². The lowest BCUT2D eigenvalue weighted by molar-refractivity contribution is -0.0704. The van der Waals surface area contributed by atoms with Crippen LogP contribution in [0.5, 0.6) is 5.75 Å². The lowest BCUT2D eigenvalue weighted by Crippen LogP contribution is -2.44. The first kappa shape index (κ1) is 14.1. The summed E-state index contributed by atoms with van der Waals surface area (Å²) in [4.78, 5) is 13.9. The highest BCUT2D eigenvalue weighted by atomic mass is 16.5. The second-order valence-electron chi connectivity index (χ2n) is 5.72. The zero-order valence-electron chi connectivity index (χ0n) is 12.2. The number of phenols is 1. The quantitative estimate of drug-likeness (QED) is 0.858. The number of morpholine rings is 1. The fourth-order valence-corrected chi connectivity index (χ4v) is 3.00. The molecule has 0 spiro atoms. The number of rotatable bonds is 2. The van der Waals surface area contributed by atoms with Crippen LogP contribution in [0.3, 0.4) is 0 Å². The summed E-state index contributed by atoms with van der Waals surface area (Å²) in [5.41, 5.74) is 1.01. The summed E-state index contributed by atoms with van der Waals surface area (Å²) in [6, 6.07) is 6.29. The maximum Gasteiger partial charge on any atom is 0.336 e. The number of benzene rings is 1. The fourth-order valence-electron chi connectivity index (χ4n) is 3.00. The summed E-state index contributed by atoms with van der Waals surface area (Å²) >= 11 is 0. The Bertz CT molecular complexity index is 699. The number of nitrogens with zero attached hydrogens (tertiary/aromatic N) is 1. The first-order valence-corrected chi connectivity index (χ1v) is 7.15. The van der Waals surface area contributed by atoms with Gasteiger partial charge in [0.05, 0.1) is 12.2 Å². The molecule has 0 bridgehead atoms. The maximum absolute atomic E-state index is 11.7. The summed E-state index contributed by atoms with van der Waals surface area (Å²) in [5, 5.41) is 10.4. The van der Waals surface area contributed by atoms with Crippen molar-refractivity contribution in [2.24, 2.45) is 0 Å². The predicted molar refractivity (Wildman–Crippen MR) is 79.4 cm³/mol. The fraction of sp³-hybridized carbons (Fsp3) is 0.438. The lowest BCUT2D eigenvalue weighted by Gasteiger charge is -2.35. The molecule has 2 atom stereocenters. The van der Waals surface area contributed by atoms with E-state index in [1.165, 1.54) is 12.1 Å². The van der Waals surface area contributed by atoms with Crippen LogP contribution in [-0.2, 0) is 11.3 Å². The standard InChI is InChI=1S/C16H19NO4/c1-10-7-17(8-11(2)20-10)9-12-5-16(19)21-15-4-3-13(18)6-14(12)15/h3-6,10-11,18H,7-9H2,1-2H3. The number of hydrogen-bond donors (Lipinski definition) is 1. The molecule has 1 saturated heterocycles. The third-order valence-corrected chi connectivity index (χ3v) is 3.70. The molecule has 112 valence electrons. The van der Waals surface area contributed by atoms with Crippen molar-refractivity contribution in [3.63, 3.8) is 0 Å². The molecular weight excluding hydrogens is 270 g/mol. The molecule has 1 fully saturated rings. The largest absolute Gasteiger partial charge is 0.508 e. The van der Waals surface area contributed by atoms with E-state index >= 15 is 0 Å². The van der Waals surface area contributed by atoms with E-state index < -0.39 is 0 Å². The van der Waals surface area contributed by atoms with Gasteiger partial charge >= 0.3 is 5.63 Å². The second-order valence-corrected chi connectivity index (χ2v) is 5.72. The Morgan fingerprint density at radius 2 is 1.95 bits per heavy atom. The third-order valence-electron chi connectivity index (χ3n) is 3.70. The van der Waals surface area contributed by atoms with Crippen molar-refractivity contribution in [2.75, 3.05) is 13.1 Å². The van der Waals surface area contributed by atoms with Crippen molar-refractivity contribution in [3.8, 4) is 5.75 Å². The molecule has 2 aromatic rings. The predicted octanol–water partition coefficient (Wildman–Crippen LogP) is 2.11. The summed E-state index contributed by atoms with van der Waals surface area (Å²) in [6.45, 7) is 6.39. The Balaban J connectivity index is 1.96. The molecule has 5 nitrogen and oxygen atoms in total. The minimum absolute atomic E-state index is 0.168. The van der Waals surface area contributed by atoms with Gasteiger partial charge in [-0.2, -0.15) is 0 Å². The first-order chi connectivity index (χ1) is 10.0. The van der Waals surface area contributed by atoms with Gasteiger partial charge in [0.15, 0.2) is 0 Å². The molecule has 1 N–H and O–H groups in total. The Morgan fingerprint density at radius 1 is 1.24 bits per heavy atom. The molecule has 0 saturated carbocycles. The van der Waals surface area contributed by atoms with Gasteiger partial charge in [0, 0.05) is 31.1 Å². The highest BCUT2D eigenvalue weighted by Gasteiger charge is 2.23. The van der Waals surface area contributed by atoms with Crippen LogP contribution in [0.15, 0.2) is 33.5 Å².